The first-order chi connectivity index (χ1) is 6.88. The van der Waals surface area contributed by atoms with Gasteiger partial charge in [-0.3, -0.25) is 5.32 Å². The second-order valence-electron chi connectivity index (χ2n) is 6.55. The van der Waals surface area contributed by atoms with Gasteiger partial charge in [-0.15, -0.1) is 0 Å². The lowest BCUT2D eigenvalue weighted by atomic mass is 9.59. The second-order valence-corrected chi connectivity index (χ2v) is 6.55. The van der Waals surface area contributed by atoms with Crippen LogP contribution in [0.25, 0.3) is 0 Å². The van der Waals surface area contributed by atoms with Crippen molar-refractivity contribution in [2.45, 2.75) is 18.2 Å². The van der Waals surface area contributed by atoms with E-state index in [1.54, 1.807) is 6.42 Å². The van der Waals surface area contributed by atoms with Gasteiger partial charge in [-0.05, 0) is 49.0 Å². The molecule has 1 N–H and O–H groups in total. The molecule has 0 radical (unpaired) electrons. The molecule has 2 aliphatic heterocycles. The van der Waals surface area contributed by atoms with E-state index in [9.17, 15) is 0 Å². The van der Waals surface area contributed by atoms with Gasteiger partial charge in [-0.25, -0.2) is 0 Å². The molecule has 7 fully saturated rings. The van der Waals surface area contributed by atoms with Crippen LogP contribution in [-0.4, -0.2) is 18.9 Å². The predicted octanol–water partition coefficient (Wildman–Crippen LogP) is 0.689. The highest BCUT2D eigenvalue weighted by Crippen LogP contribution is 2.89. The van der Waals surface area contributed by atoms with Crippen LogP contribution in [0.4, 0.5) is 0 Å². The number of hydrogen-bond acceptors (Lipinski definition) is 2. The number of hydrogen-bond donors (Lipinski definition) is 1. The molecule has 2 saturated heterocycles. The van der Waals surface area contributed by atoms with Crippen LogP contribution in [0.15, 0.2) is 0 Å². The van der Waals surface area contributed by atoms with E-state index in [0.29, 0.717) is 6.10 Å². The molecule has 0 aromatic carbocycles. The van der Waals surface area contributed by atoms with E-state index >= 15 is 0 Å². The Morgan fingerprint density at radius 1 is 1.07 bits per heavy atom. The monoisotopic (exact) mass is 189 g/mol. The molecule has 4 bridgehead atoms. The standard InChI is InChI=1S/C12H15NO/c1-13-12-9-4-2-3-5-6(4)10(12)8(5)11(14-12)7(3)9/h3-11,13H,2H2,1H3/t3-,4+,5-,6+,7-,8-,9-,10-,11-,12+/m1/s1. The molecule has 2 nitrogen and oxygen atoms in total. The van der Waals surface area contributed by atoms with Gasteiger partial charge >= 0.3 is 0 Å². The summed E-state index contributed by atoms with van der Waals surface area (Å²) in [6, 6.07) is 0. The van der Waals surface area contributed by atoms with Gasteiger partial charge in [-0.1, -0.05) is 0 Å². The van der Waals surface area contributed by atoms with Crippen molar-refractivity contribution in [1.29, 1.82) is 0 Å². The van der Waals surface area contributed by atoms with Crippen molar-refractivity contribution in [2.75, 3.05) is 7.05 Å². The lowest BCUT2D eigenvalue weighted by Crippen LogP contribution is -2.55. The van der Waals surface area contributed by atoms with Crippen LogP contribution in [-0.2, 0) is 4.74 Å². The lowest BCUT2D eigenvalue weighted by molar-refractivity contribution is -0.0519. The summed E-state index contributed by atoms with van der Waals surface area (Å²) in [5, 5.41) is 3.58. The Morgan fingerprint density at radius 3 is 2.86 bits per heavy atom. The van der Waals surface area contributed by atoms with Gasteiger partial charge in [0.2, 0.25) is 0 Å². The molecule has 2 heterocycles. The minimum Gasteiger partial charge on any atom is -0.356 e. The van der Waals surface area contributed by atoms with Crippen molar-refractivity contribution in [1.82, 2.24) is 5.32 Å². The molecule has 0 aromatic rings. The zero-order valence-corrected chi connectivity index (χ0v) is 8.31. The number of nitrogens with one attached hydrogen (secondary N) is 1. The Balaban J connectivity index is 1.76. The molecule has 5 saturated carbocycles. The van der Waals surface area contributed by atoms with E-state index in [-0.39, 0.29) is 5.72 Å². The smallest absolute Gasteiger partial charge is 0.126 e. The molecule has 5 aliphatic carbocycles. The Morgan fingerprint density at radius 2 is 2.00 bits per heavy atom. The van der Waals surface area contributed by atoms with Crippen molar-refractivity contribution in [3.8, 4) is 0 Å². The summed E-state index contributed by atoms with van der Waals surface area (Å²) in [5.41, 5.74) is 0.178. The largest absolute Gasteiger partial charge is 0.356 e. The molecule has 14 heavy (non-hydrogen) atoms. The number of ether oxygens (including phenoxy) is 1. The molecule has 0 aromatic heterocycles. The second kappa shape index (κ2) is 1.42. The van der Waals surface area contributed by atoms with Gasteiger partial charge in [-0.2, -0.15) is 0 Å². The van der Waals surface area contributed by atoms with Gasteiger partial charge < -0.3 is 4.74 Å². The van der Waals surface area contributed by atoms with E-state index in [1.165, 1.54) is 0 Å². The van der Waals surface area contributed by atoms with Crippen molar-refractivity contribution in [3.63, 3.8) is 0 Å². The molecular formula is C12H15NO. The minimum atomic E-state index is 0.178. The van der Waals surface area contributed by atoms with E-state index in [4.69, 9.17) is 4.74 Å². The third kappa shape index (κ3) is 0.308. The summed E-state index contributed by atoms with van der Waals surface area (Å²) in [4.78, 5) is 0. The molecule has 7 rings (SSSR count). The van der Waals surface area contributed by atoms with Gasteiger partial charge in [0.05, 0.1) is 6.10 Å². The summed E-state index contributed by atoms with van der Waals surface area (Å²) in [7, 11) is 2.13. The third-order valence-corrected chi connectivity index (χ3v) is 7.09. The van der Waals surface area contributed by atoms with Crippen LogP contribution in [0, 0.1) is 47.3 Å². The average molecular weight is 189 g/mol. The molecule has 0 amide bonds. The van der Waals surface area contributed by atoms with E-state index in [0.717, 1.165) is 47.3 Å². The lowest BCUT2D eigenvalue weighted by Gasteiger charge is -2.45. The highest BCUT2D eigenvalue weighted by atomic mass is 16.5. The van der Waals surface area contributed by atoms with Crippen LogP contribution in [0.3, 0.4) is 0 Å². The quantitative estimate of drug-likeness (QED) is 0.655. The van der Waals surface area contributed by atoms with Gasteiger partial charge in [0.1, 0.15) is 5.72 Å². The van der Waals surface area contributed by atoms with Crippen LogP contribution in [0.1, 0.15) is 6.42 Å². The fourth-order valence-electron chi connectivity index (χ4n) is 7.41. The Bertz CT molecular complexity index is 373. The molecule has 74 valence electrons. The maximum absolute atomic E-state index is 6.39. The third-order valence-electron chi connectivity index (χ3n) is 7.09. The fourth-order valence-corrected chi connectivity index (χ4v) is 7.41. The first-order valence-electron chi connectivity index (χ1n) is 6.25. The summed E-state index contributed by atoms with van der Waals surface area (Å²) < 4.78 is 6.39. The summed E-state index contributed by atoms with van der Waals surface area (Å²) in [6.45, 7) is 0. The Labute approximate surface area is 83.4 Å². The van der Waals surface area contributed by atoms with E-state index < -0.39 is 0 Å². The zero-order chi connectivity index (χ0) is 8.82. The average Bonchev–Trinajstić information content (AvgIpc) is 2.72. The molecule has 10 atom stereocenters. The first kappa shape index (κ1) is 6.49. The first-order valence-corrected chi connectivity index (χ1v) is 6.25. The molecule has 0 unspecified atom stereocenters. The van der Waals surface area contributed by atoms with Crippen molar-refractivity contribution >= 4 is 0 Å². The summed E-state index contributed by atoms with van der Waals surface area (Å²) in [6.07, 6.45) is 2.26. The van der Waals surface area contributed by atoms with E-state index in [2.05, 4.69) is 12.4 Å². The van der Waals surface area contributed by atoms with Crippen molar-refractivity contribution in [2.24, 2.45) is 47.3 Å². The van der Waals surface area contributed by atoms with Crippen molar-refractivity contribution < 1.29 is 4.74 Å². The predicted molar refractivity (Wildman–Crippen MR) is 49.2 cm³/mol. The molecule has 0 spiro atoms. The highest BCUT2D eigenvalue weighted by Gasteiger charge is 2.92. The molecule has 2 heteroatoms. The molecular weight excluding hydrogens is 174 g/mol. The molecule has 7 aliphatic rings. The maximum atomic E-state index is 6.39. The fraction of sp³-hybridized carbons (Fsp3) is 1.00. The van der Waals surface area contributed by atoms with Crippen LogP contribution < -0.4 is 5.32 Å². The SMILES string of the molecule is CN[C@@]12O[C@H]3[C@@H]4[C@@H]5[C@H]6C[C@@H]([C@@H]5[C@H]41)[C@@H]2[C@@H]63. The van der Waals surface area contributed by atoms with Crippen LogP contribution in [0.5, 0.6) is 0 Å². The van der Waals surface area contributed by atoms with Gasteiger partial charge in [0.15, 0.2) is 0 Å². The van der Waals surface area contributed by atoms with Gasteiger partial charge in [0, 0.05) is 11.8 Å². The van der Waals surface area contributed by atoms with Crippen molar-refractivity contribution in [3.05, 3.63) is 0 Å². The van der Waals surface area contributed by atoms with Crippen LogP contribution in [0.2, 0.25) is 0 Å². The van der Waals surface area contributed by atoms with Gasteiger partial charge in [0.25, 0.3) is 0 Å². The normalized spacial score (nSPS) is 87.6. The highest BCUT2D eigenvalue weighted by molar-refractivity contribution is 5.38. The zero-order valence-electron chi connectivity index (χ0n) is 8.31. The number of rotatable bonds is 1. The van der Waals surface area contributed by atoms with Crippen LogP contribution >= 0.6 is 0 Å². The van der Waals surface area contributed by atoms with E-state index in [1.807, 2.05) is 0 Å². The minimum absolute atomic E-state index is 0.178. The summed E-state index contributed by atoms with van der Waals surface area (Å²) in [5.74, 6) is 8.20. The Kier molecular flexibility index (Phi) is 0.660. The maximum Gasteiger partial charge on any atom is 0.126 e. The summed E-state index contributed by atoms with van der Waals surface area (Å²) >= 11 is 0. The Hall–Kier alpha value is -0.0800. The topological polar surface area (TPSA) is 21.3 Å².